The molecule has 2 N–H and O–H groups in total. The first kappa shape index (κ1) is 8.00. The number of rotatable bonds is 1. The van der Waals surface area contributed by atoms with Gasteiger partial charge in [-0.3, -0.25) is 4.79 Å². The minimum absolute atomic E-state index is 0.0654. The third-order valence-electron chi connectivity index (χ3n) is 1.54. The van der Waals surface area contributed by atoms with Crippen LogP contribution in [0, 0.1) is 0 Å². The van der Waals surface area contributed by atoms with Crippen molar-refractivity contribution in [2.75, 3.05) is 14.2 Å². The average molecular weight is 157 g/mol. The largest absolute Gasteiger partial charge is 0.387 e. The van der Waals surface area contributed by atoms with Gasteiger partial charge in [0.1, 0.15) is 5.84 Å². The summed E-state index contributed by atoms with van der Waals surface area (Å²) in [5.41, 5.74) is 5.38. The number of carbonyl (C=O) groups is 1. The molecule has 11 heavy (non-hydrogen) atoms. The van der Waals surface area contributed by atoms with Crippen LogP contribution < -0.4 is 5.73 Å². The molecule has 5 nitrogen and oxygen atoms in total. The van der Waals surface area contributed by atoms with Gasteiger partial charge in [0.2, 0.25) is 12.3 Å². The standard InChI is InChI=1S/C6H11N3O2/c1-9-5(10)3-4(7)8-6(9)11-2/h6H,3H2,1-2H3,(H2,7,8). The van der Waals surface area contributed by atoms with Crippen LogP contribution in [-0.2, 0) is 9.53 Å². The predicted molar refractivity (Wildman–Crippen MR) is 39.8 cm³/mol. The summed E-state index contributed by atoms with van der Waals surface area (Å²) < 4.78 is 4.88. The zero-order chi connectivity index (χ0) is 8.43. The van der Waals surface area contributed by atoms with Crippen molar-refractivity contribution in [3.8, 4) is 0 Å². The molecule has 62 valence electrons. The molecule has 0 aromatic carbocycles. The Bertz CT molecular complexity index is 202. The van der Waals surface area contributed by atoms with Gasteiger partial charge in [-0.2, -0.15) is 0 Å². The van der Waals surface area contributed by atoms with Crippen LogP contribution in [0.1, 0.15) is 6.42 Å². The van der Waals surface area contributed by atoms with E-state index < -0.39 is 6.35 Å². The number of nitrogens with two attached hydrogens (primary N) is 1. The highest BCUT2D eigenvalue weighted by atomic mass is 16.5. The lowest BCUT2D eigenvalue weighted by Gasteiger charge is -2.27. The molecule has 1 aliphatic rings. The molecule has 1 atom stereocenters. The van der Waals surface area contributed by atoms with Gasteiger partial charge in [-0.15, -0.1) is 0 Å². The fraction of sp³-hybridized carbons (Fsp3) is 0.667. The van der Waals surface area contributed by atoms with Gasteiger partial charge in [0, 0.05) is 14.2 Å². The summed E-state index contributed by atoms with van der Waals surface area (Å²) in [4.78, 5) is 16.4. The molecule has 1 unspecified atom stereocenters. The number of carbonyl (C=O) groups excluding carboxylic acids is 1. The molecule has 0 saturated heterocycles. The lowest BCUT2D eigenvalue weighted by Crippen LogP contribution is -2.44. The van der Waals surface area contributed by atoms with Crippen LogP contribution in [0.2, 0.25) is 0 Å². The van der Waals surface area contributed by atoms with E-state index in [0.29, 0.717) is 5.84 Å². The Balaban J connectivity index is 2.78. The first-order chi connectivity index (χ1) is 5.15. The monoisotopic (exact) mass is 157 g/mol. The maximum Gasteiger partial charge on any atom is 0.233 e. The van der Waals surface area contributed by atoms with Crippen molar-refractivity contribution in [3.63, 3.8) is 0 Å². The summed E-state index contributed by atoms with van der Waals surface area (Å²) in [6.45, 7) is 0. The highest BCUT2D eigenvalue weighted by Crippen LogP contribution is 2.07. The summed E-state index contributed by atoms with van der Waals surface area (Å²) in [6, 6.07) is 0. The minimum atomic E-state index is -0.545. The number of hydrogen-bond acceptors (Lipinski definition) is 4. The maximum absolute atomic E-state index is 11.1. The van der Waals surface area contributed by atoms with E-state index >= 15 is 0 Å². The van der Waals surface area contributed by atoms with Crippen LogP contribution >= 0.6 is 0 Å². The third-order valence-corrected chi connectivity index (χ3v) is 1.54. The number of hydrogen-bond donors (Lipinski definition) is 1. The second-order valence-corrected chi connectivity index (χ2v) is 2.36. The number of amides is 1. The van der Waals surface area contributed by atoms with Gasteiger partial charge in [-0.1, -0.05) is 0 Å². The molecule has 1 heterocycles. The van der Waals surface area contributed by atoms with Crippen LogP contribution in [0.15, 0.2) is 4.99 Å². The summed E-state index contributed by atoms with van der Waals surface area (Å²) >= 11 is 0. The third kappa shape index (κ3) is 1.48. The Labute approximate surface area is 64.8 Å². The Morgan fingerprint density at radius 2 is 2.45 bits per heavy atom. The predicted octanol–water partition coefficient (Wildman–Crippen LogP) is -0.864. The van der Waals surface area contributed by atoms with Crippen molar-refractivity contribution in [1.29, 1.82) is 0 Å². The van der Waals surface area contributed by atoms with E-state index in [0.717, 1.165) is 0 Å². The topological polar surface area (TPSA) is 67.9 Å². The Morgan fingerprint density at radius 1 is 1.82 bits per heavy atom. The number of methoxy groups -OCH3 is 1. The molecule has 0 fully saturated rings. The highest BCUT2D eigenvalue weighted by Gasteiger charge is 2.24. The molecule has 1 aliphatic heterocycles. The van der Waals surface area contributed by atoms with E-state index in [2.05, 4.69) is 4.99 Å². The van der Waals surface area contributed by atoms with Gasteiger partial charge < -0.3 is 15.4 Å². The summed E-state index contributed by atoms with van der Waals surface area (Å²) in [5, 5.41) is 0. The highest BCUT2D eigenvalue weighted by molar-refractivity contribution is 6.00. The molecule has 0 bridgehead atoms. The van der Waals surface area contributed by atoms with Crippen LogP contribution in [0.4, 0.5) is 0 Å². The molecule has 0 spiro atoms. The Kier molecular flexibility index (Phi) is 2.09. The first-order valence-electron chi connectivity index (χ1n) is 3.25. The lowest BCUT2D eigenvalue weighted by atomic mass is 10.3. The number of nitrogens with zero attached hydrogens (tertiary/aromatic N) is 2. The second-order valence-electron chi connectivity index (χ2n) is 2.36. The minimum Gasteiger partial charge on any atom is -0.387 e. The van der Waals surface area contributed by atoms with Crippen LogP contribution in [0.5, 0.6) is 0 Å². The van der Waals surface area contributed by atoms with Crippen molar-refractivity contribution in [3.05, 3.63) is 0 Å². The molecule has 5 heteroatoms. The van der Waals surface area contributed by atoms with Gasteiger partial charge in [-0.25, -0.2) is 4.99 Å². The normalized spacial score (nSPS) is 25.3. The smallest absolute Gasteiger partial charge is 0.233 e. The van der Waals surface area contributed by atoms with Crippen molar-refractivity contribution >= 4 is 11.7 Å². The van der Waals surface area contributed by atoms with E-state index in [9.17, 15) is 4.79 Å². The molecular formula is C6H11N3O2. The SMILES string of the molecule is COC1N=C(N)CC(=O)N1C. The molecule has 0 aromatic rings. The van der Waals surface area contributed by atoms with Crippen molar-refractivity contribution in [2.24, 2.45) is 10.7 Å². The molecule has 0 aliphatic carbocycles. The summed E-state index contributed by atoms with van der Waals surface area (Å²) in [7, 11) is 3.11. The van der Waals surface area contributed by atoms with Crippen molar-refractivity contribution in [2.45, 2.75) is 12.8 Å². The Hall–Kier alpha value is -1.10. The lowest BCUT2D eigenvalue weighted by molar-refractivity contribution is -0.140. The van der Waals surface area contributed by atoms with Crippen molar-refractivity contribution < 1.29 is 9.53 Å². The van der Waals surface area contributed by atoms with E-state index in [4.69, 9.17) is 10.5 Å². The van der Waals surface area contributed by atoms with Gasteiger partial charge >= 0.3 is 0 Å². The van der Waals surface area contributed by atoms with Crippen LogP contribution in [-0.4, -0.2) is 37.2 Å². The molecule has 0 saturated carbocycles. The van der Waals surface area contributed by atoms with Gasteiger partial charge in [-0.05, 0) is 0 Å². The zero-order valence-corrected chi connectivity index (χ0v) is 6.57. The maximum atomic E-state index is 11.1. The van der Waals surface area contributed by atoms with Gasteiger partial charge in [0.25, 0.3) is 0 Å². The van der Waals surface area contributed by atoms with E-state index in [1.165, 1.54) is 12.0 Å². The summed E-state index contributed by atoms with van der Waals surface area (Å²) in [6.07, 6.45) is -0.354. The molecule has 0 radical (unpaired) electrons. The number of amidine groups is 1. The first-order valence-corrected chi connectivity index (χ1v) is 3.25. The molecular weight excluding hydrogens is 146 g/mol. The van der Waals surface area contributed by atoms with E-state index in [1.54, 1.807) is 7.05 Å². The number of ether oxygens (including phenoxy) is 1. The van der Waals surface area contributed by atoms with E-state index in [-0.39, 0.29) is 12.3 Å². The fourth-order valence-electron chi connectivity index (χ4n) is 0.888. The second kappa shape index (κ2) is 2.87. The van der Waals surface area contributed by atoms with Gasteiger partial charge in [0.15, 0.2) is 0 Å². The Morgan fingerprint density at radius 3 is 3.00 bits per heavy atom. The van der Waals surface area contributed by atoms with E-state index in [1.807, 2.05) is 0 Å². The van der Waals surface area contributed by atoms with Gasteiger partial charge in [0.05, 0.1) is 6.42 Å². The summed E-state index contributed by atoms with van der Waals surface area (Å²) in [5.74, 6) is 0.268. The molecule has 1 amide bonds. The molecule has 0 aromatic heterocycles. The zero-order valence-electron chi connectivity index (χ0n) is 6.57. The molecule has 1 rings (SSSR count). The van der Waals surface area contributed by atoms with Crippen LogP contribution in [0.3, 0.4) is 0 Å². The fourth-order valence-corrected chi connectivity index (χ4v) is 0.888. The van der Waals surface area contributed by atoms with Crippen molar-refractivity contribution in [1.82, 2.24) is 4.90 Å². The quantitative estimate of drug-likeness (QED) is 0.538. The average Bonchev–Trinajstić information content (AvgIpc) is 1.96. The van der Waals surface area contributed by atoms with Crippen LogP contribution in [0.25, 0.3) is 0 Å². The number of aliphatic imine (C=N–C) groups is 1.